The molecular formula is C5H11Cl2OP. The number of halogens is 2. The molecule has 0 radical (unpaired) electrons. The highest BCUT2D eigenvalue weighted by Crippen LogP contribution is 2.40. The van der Waals surface area contributed by atoms with Crippen molar-refractivity contribution in [3.8, 4) is 0 Å². The lowest BCUT2D eigenvalue weighted by molar-refractivity contribution is 0.580. The molecule has 0 saturated heterocycles. The van der Waals surface area contributed by atoms with E-state index in [0.29, 0.717) is 24.1 Å². The predicted octanol–water partition coefficient (Wildman–Crippen LogP) is 2.46. The van der Waals surface area contributed by atoms with E-state index in [-0.39, 0.29) is 0 Å². The van der Waals surface area contributed by atoms with Crippen LogP contribution in [-0.2, 0) is 4.57 Å². The third kappa shape index (κ3) is 5.26. The molecule has 9 heavy (non-hydrogen) atoms. The van der Waals surface area contributed by atoms with Crippen LogP contribution in [0, 0.1) is 0 Å². The topological polar surface area (TPSA) is 17.1 Å². The first-order valence-electron chi connectivity index (χ1n) is 2.80. The third-order valence-electron chi connectivity index (χ3n) is 1.12. The molecule has 0 aromatic rings. The van der Waals surface area contributed by atoms with Crippen molar-refractivity contribution in [2.24, 2.45) is 0 Å². The molecule has 0 bridgehead atoms. The van der Waals surface area contributed by atoms with Crippen LogP contribution in [0.4, 0.5) is 0 Å². The van der Waals surface area contributed by atoms with E-state index in [1.807, 2.05) is 0 Å². The van der Waals surface area contributed by atoms with Gasteiger partial charge in [-0.25, -0.2) is 0 Å². The summed E-state index contributed by atoms with van der Waals surface area (Å²) in [6, 6.07) is 0. The van der Waals surface area contributed by atoms with E-state index >= 15 is 0 Å². The van der Waals surface area contributed by atoms with Gasteiger partial charge in [-0.1, -0.05) is 0 Å². The Morgan fingerprint density at radius 1 is 1.22 bits per heavy atom. The van der Waals surface area contributed by atoms with Crippen LogP contribution in [0.3, 0.4) is 0 Å². The Morgan fingerprint density at radius 3 is 1.78 bits per heavy atom. The molecule has 56 valence electrons. The molecule has 4 heteroatoms. The minimum atomic E-state index is -1.96. The molecule has 0 rings (SSSR count). The number of hydrogen-bond acceptors (Lipinski definition) is 1. The van der Waals surface area contributed by atoms with Gasteiger partial charge in [0.1, 0.15) is 0 Å². The molecule has 0 N–H and O–H groups in total. The van der Waals surface area contributed by atoms with Crippen molar-refractivity contribution in [3.63, 3.8) is 0 Å². The quantitative estimate of drug-likeness (QED) is 0.490. The fourth-order valence-electron chi connectivity index (χ4n) is 0.469. The van der Waals surface area contributed by atoms with Crippen LogP contribution in [0.1, 0.15) is 0 Å². The normalized spacial score (nSPS) is 11.9. The lowest BCUT2D eigenvalue weighted by Crippen LogP contribution is -1.95. The molecule has 0 aliphatic rings. The van der Waals surface area contributed by atoms with Crippen molar-refractivity contribution in [2.45, 2.75) is 0 Å². The van der Waals surface area contributed by atoms with Gasteiger partial charge in [-0.2, -0.15) is 0 Å². The molecule has 0 amide bonds. The number of hydrogen-bond donors (Lipinski definition) is 0. The predicted molar refractivity (Wildman–Crippen MR) is 44.7 cm³/mol. The van der Waals surface area contributed by atoms with Crippen LogP contribution in [-0.4, -0.2) is 30.7 Å². The average molecular weight is 189 g/mol. The lowest BCUT2D eigenvalue weighted by atomic mass is 10.9. The monoisotopic (exact) mass is 188 g/mol. The van der Waals surface area contributed by atoms with Crippen LogP contribution in [0.2, 0.25) is 0 Å². The lowest BCUT2D eigenvalue weighted by Gasteiger charge is -2.07. The van der Waals surface area contributed by atoms with Crippen molar-refractivity contribution in [2.75, 3.05) is 30.7 Å². The highest BCUT2D eigenvalue weighted by molar-refractivity contribution is 7.63. The SMILES string of the molecule is CP(=O)(CCCl)CCCl. The van der Waals surface area contributed by atoms with E-state index in [0.717, 1.165) is 0 Å². The first-order valence-corrected chi connectivity index (χ1v) is 6.39. The molecule has 0 spiro atoms. The van der Waals surface area contributed by atoms with E-state index < -0.39 is 7.14 Å². The fourth-order valence-corrected chi connectivity index (χ4v) is 3.55. The molecule has 0 heterocycles. The molecule has 0 aliphatic heterocycles. The maximum atomic E-state index is 11.2. The van der Waals surface area contributed by atoms with Gasteiger partial charge in [-0.3, -0.25) is 0 Å². The second-order valence-electron chi connectivity index (χ2n) is 2.12. The third-order valence-corrected chi connectivity index (χ3v) is 4.36. The summed E-state index contributed by atoms with van der Waals surface area (Å²) in [4.78, 5) is 0. The largest absolute Gasteiger partial charge is 0.324 e. The smallest absolute Gasteiger partial charge is 0.0871 e. The van der Waals surface area contributed by atoms with Gasteiger partial charge in [0.2, 0.25) is 0 Å². The Hall–Kier alpha value is 0.810. The van der Waals surface area contributed by atoms with Gasteiger partial charge in [0.15, 0.2) is 0 Å². The van der Waals surface area contributed by atoms with Gasteiger partial charge in [-0.05, 0) is 6.66 Å². The van der Waals surface area contributed by atoms with Crippen LogP contribution in [0.25, 0.3) is 0 Å². The van der Waals surface area contributed by atoms with E-state index in [4.69, 9.17) is 23.2 Å². The van der Waals surface area contributed by atoms with Gasteiger partial charge >= 0.3 is 0 Å². The zero-order chi connectivity index (χ0) is 7.33. The molecular weight excluding hydrogens is 178 g/mol. The van der Waals surface area contributed by atoms with Gasteiger partial charge in [0.05, 0.1) is 7.14 Å². The van der Waals surface area contributed by atoms with Crippen LogP contribution in [0.15, 0.2) is 0 Å². The first kappa shape index (κ1) is 9.81. The van der Waals surface area contributed by atoms with Gasteiger partial charge in [0, 0.05) is 24.1 Å². The molecule has 0 unspecified atom stereocenters. The van der Waals surface area contributed by atoms with Crippen molar-refractivity contribution < 1.29 is 4.57 Å². The fraction of sp³-hybridized carbons (Fsp3) is 1.00. The van der Waals surface area contributed by atoms with E-state index in [9.17, 15) is 4.57 Å². The summed E-state index contributed by atoms with van der Waals surface area (Å²) in [6.07, 6.45) is 1.22. The maximum Gasteiger partial charge on any atom is 0.0871 e. The minimum absolute atomic E-state index is 0.477. The first-order chi connectivity index (χ1) is 4.12. The Labute approximate surface area is 66.1 Å². The zero-order valence-electron chi connectivity index (χ0n) is 5.44. The second-order valence-corrected chi connectivity index (χ2v) is 6.37. The van der Waals surface area contributed by atoms with Gasteiger partial charge in [0.25, 0.3) is 0 Å². The molecule has 0 aromatic heterocycles. The summed E-state index contributed by atoms with van der Waals surface area (Å²) in [5.41, 5.74) is 0. The molecule has 0 saturated carbocycles. The second kappa shape index (κ2) is 4.60. The van der Waals surface area contributed by atoms with Crippen molar-refractivity contribution in [1.82, 2.24) is 0 Å². The minimum Gasteiger partial charge on any atom is -0.324 e. The van der Waals surface area contributed by atoms with Gasteiger partial charge in [-0.15, -0.1) is 23.2 Å². The summed E-state index contributed by atoms with van der Waals surface area (Å²) in [7, 11) is -1.96. The van der Waals surface area contributed by atoms with E-state index in [1.165, 1.54) is 0 Å². The molecule has 1 nitrogen and oxygen atoms in total. The molecule has 0 atom stereocenters. The van der Waals surface area contributed by atoms with E-state index in [2.05, 4.69) is 0 Å². The molecule has 0 fully saturated rings. The Bertz CT molecular complexity index is 106. The molecule has 0 aromatic carbocycles. The maximum absolute atomic E-state index is 11.2. The summed E-state index contributed by atoms with van der Waals surface area (Å²) >= 11 is 10.8. The summed E-state index contributed by atoms with van der Waals surface area (Å²) < 4.78 is 11.2. The zero-order valence-corrected chi connectivity index (χ0v) is 7.85. The summed E-state index contributed by atoms with van der Waals surface area (Å²) in [5, 5.41) is 0. The molecule has 0 aliphatic carbocycles. The standard InChI is InChI=1S/C5H11Cl2OP/c1-9(8,4-2-6)5-3-7/h2-5H2,1H3. The number of alkyl halides is 2. The van der Waals surface area contributed by atoms with Crippen LogP contribution >= 0.6 is 30.3 Å². The number of rotatable bonds is 4. The van der Waals surface area contributed by atoms with Crippen LogP contribution < -0.4 is 0 Å². The summed E-state index contributed by atoms with van der Waals surface area (Å²) in [6.45, 7) is 1.75. The van der Waals surface area contributed by atoms with Crippen molar-refractivity contribution in [3.05, 3.63) is 0 Å². The van der Waals surface area contributed by atoms with Gasteiger partial charge < -0.3 is 4.57 Å². The Kier molecular flexibility index (Phi) is 5.01. The van der Waals surface area contributed by atoms with Crippen molar-refractivity contribution in [1.29, 1.82) is 0 Å². The summed E-state index contributed by atoms with van der Waals surface area (Å²) in [5.74, 6) is 0.954. The Morgan fingerprint density at radius 2 is 1.56 bits per heavy atom. The highest BCUT2D eigenvalue weighted by atomic mass is 35.5. The van der Waals surface area contributed by atoms with Crippen molar-refractivity contribution >= 4 is 30.3 Å². The van der Waals surface area contributed by atoms with E-state index in [1.54, 1.807) is 6.66 Å². The Balaban J connectivity index is 3.58. The van der Waals surface area contributed by atoms with Crippen LogP contribution in [0.5, 0.6) is 0 Å². The highest BCUT2D eigenvalue weighted by Gasteiger charge is 2.11. The average Bonchev–Trinajstić information content (AvgIpc) is 1.64.